The first kappa shape index (κ1) is 11.1. The third-order valence-electron chi connectivity index (χ3n) is 2.96. The number of hydrogen-bond donors (Lipinski definition) is 1. The van der Waals surface area contributed by atoms with E-state index in [1.807, 2.05) is 13.0 Å². The zero-order valence-electron chi connectivity index (χ0n) is 9.66. The summed E-state index contributed by atoms with van der Waals surface area (Å²) in [5.41, 5.74) is 2.29. The Morgan fingerprint density at radius 2 is 2.17 bits per heavy atom. The summed E-state index contributed by atoms with van der Waals surface area (Å²) >= 11 is 5.96. The molecule has 0 atom stereocenters. The van der Waals surface area contributed by atoms with Crippen LogP contribution in [0.3, 0.4) is 0 Å². The van der Waals surface area contributed by atoms with Gasteiger partial charge in [0.15, 0.2) is 5.76 Å². The van der Waals surface area contributed by atoms with E-state index in [9.17, 15) is 4.79 Å². The van der Waals surface area contributed by atoms with Gasteiger partial charge >= 0.3 is 0 Å². The van der Waals surface area contributed by atoms with Gasteiger partial charge < -0.3 is 9.40 Å². The van der Waals surface area contributed by atoms with Crippen LogP contribution in [0, 0.1) is 6.92 Å². The van der Waals surface area contributed by atoms with Gasteiger partial charge in [-0.15, -0.1) is 0 Å². The molecule has 3 nitrogen and oxygen atoms in total. The molecule has 1 aromatic carbocycles. The van der Waals surface area contributed by atoms with E-state index in [1.165, 1.54) is 6.26 Å². The van der Waals surface area contributed by atoms with Crippen molar-refractivity contribution in [2.24, 2.45) is 0 Å². The normalized spacial score (nSPS) is 11.0. The number of benzene rings is 1. The second kappa shape index (κ2) is 4.03. The molecular weight excluding hydrogens is 250 g/mol. The van der Waals surface area contributed by atoms with E-state index in [0.717, 1.165) is 16.5 Å². The highest BCUT2D eigenvalue weighted by atomic mass is 35.5. The predicted octanol–water partition coefficient (Wildman–Crippen LogP) is 3.95. The molecule has 0 saturated heterocycles. The Morgan fingerprint density at radius 1 is 1.33 bits per heavy atom. The van der Waals surface area contributed by atoms with E-state index in [4.69, 9.17) is 16.0 Å². The second-order valence-corrected chi connectivity index (χ2v) is 4.59. The molecule has 0 aliphatic carbocycles. The fourth-order valence-electron chi connectivity index (χ4n) is 2.01. The fraction of sp³-hybridized carbons (Fsp3) is 0.0714. The Hall–Kier alpha value is -2.00. The number of ketones is 1. The standard InChI is InChI=1S/C14H10ClNO2/c1-8-4-5-18-14(8)13(17)11-7-16-12-3-2-9(15)6-10(11)12/h2-7,16H,1H3. The van der Waals surface area contributed by atoms with Gasteiger partial charge in [0.25, 0.3) is 0 Å². The van der Waals surface area contributed by atoms with Gasteiger partial charge in [0, 0.05) is 22.1 Å². The Balaban J connectivity index is 2.18. The summed E-state index contributed by atoms with van der Waals surface area (Å²) in [4.78, 5) is 15.4. The lowest BCUT2D eigenvalue weighted by Crippen LogP contribution is -2.00. The maximum absolute atomic E-state index is 12.4. The lowest BCUT2D eigenvalue weighted by Gasteiger charge is -1.98. The molecule has 0 bridgehead atoms. The van der Waals surface area contributed by atoms with Crippen LogP contribution in [0.4, 0.5) is 0 Å². The van der Waals surface area contributed by atoms with Crippen molar-refractivity contribution in [3.05, 3.63) is 58.6 Å². The van der Waals surface area contributed by atoms with E-state index < -0.39 is 0 Å². The molecule has 0 fully saturated rings. The number of carbonyl (C=O) groups is 1. The van der Waals surface area contributed by atoms with Crippen molar-refractivity contribution in [2.75, 3.05) is 0 Å². The number of furan rings is 1. The lowest BCUT2D eigenvalue weighted by atomic mass is 10.1. The van der Waals surface area contributed by atoms with Crippen LogP contribution >= 0.6 is 11.6 Å². The summed E-state index contributed by atoms with van der Waals surface area (Å²) in [6.07, 6.45) is 3.20. The molecule has 90 valence electrons. The van der Waals surface area contributed by atoms with Gasteiger partial charge in [-0.05, 0) is 36.8 Å². The molecule has 0 saturated carbocycles. The monoisotopic (exact) mass is 259 g/mol. The maximum Gasteiger partial charge on any atom is 0.230 e. The fourth-order valence-corrected chi connectivity index (χ4v) is 2.18. The molecule has 0 aliphatic rings. The number of aryl methyl sites for hydroxylation is 1. The van der Waals surface area contributed by atoms with E-state index >= 15 is 0 Å². The molecule has 0 radical (unpaired) electrons. The first-order valence-corrected chi connectivity index (χ1v) is 5.90. The third kappa shape index (κ3) is 1.64. The van der Waals surface area contributed by atoms with Gasteiger partial charge in [-0.3, -0.25) is 4.79 Å². The van der Waals surface area contributed by atoms with Crippen LogP contribution in [0.1, 0.15) is 21.7 Å². The van der Waals surface area contributed by atoms with E-state index in [2.05, 4.69) is 4.98 Å². The Labute approximate surface area is 108 Å². The van der Waals surface area contributed by atoms with E-state index in [0.29, 0.717) is 16.3 Å². The van der Waals surface area contributed by atoms with Crippen LogP contribution in [-0.4, -0.2) is 10.8 Å². The largest absolute Gasteiger partial charge is 0.461 e. The van der Waals surface area contributed by atoms with Crippen molar-refractivity contribution < 1.29 is 9.21 Å². The zero-order valence-corrected chi connectivity index (χ0v) is 10.4. The molecule has 0 amide bonds. The number of aromatic nitrogens is 1. The topological polar surface area (TPSA) is 46.0 Å². The molecule has 0 aliphatic heterocycles. The van der Waals surface area contributed by atoms with Crippen LogP contribution in [-0.2, 0) is 0 Å². The Kier molecular flexibility index (Phi) is 2.49. The van der Waals surface area contributed by atoms with Crippen molar-refractivity contribution >= 4 is 28.3 Å². The Bertz CT molecular complexity index is 739. The quantitative estimate of drug-likeness (QED) is 0.708. The first-order valence-electron chi connectivity index (χ1n) is 5.52. The molecule has 0 unspecified atom stereocenters. The zero-order chi connectivity index (χ0) is 12.7. The molecular formula is C14H10ClNO2. The van der Waals surface area contributed by atoms with Gasteiger partial charge in [0.2, 0.25) is 5.78 Å². The summed E-state index contributed by atoms with van der Waals surface area (Å²) in [6.45, 7) is 1.85. The van der Waals surface area contributed by atoms with Gasteiger partial charge in [-0.2, -0.15) is 0 Å². The van der Waals surface area contributed by atoms with Crippen molar-refractivity contribution in [2.45, 2.75) is 6.92 Å². The number of nitrogens with one attached hydrogen (secondary N) is 1. The summed E-state index contributed by atoms with van der Waals surface area (Å²) in [5, 5.41) is 1.41. The molecule has 3 rings (SSSR count). The lowest BCUT2D eigenvalue weighted by molar-refractivity contribution is 0.101. The number of carbonyl (C=O) groups excluding carboxylic acids is 1. The van der Waals surface area contributed by atoms with Gasteiger partial charge in [0.05, 0.1) is 11.8 Å². The summed E-state index contributed by atoms with van der Waals surface area (Å²) in [6, 6.07) is 7.18. The molecule has 3 aromatic rings. The van der Waals surface area contributed by atoms with Crippen LogP contribution < -0.4 is 0 Å². The Morgan fingerprint density at radius 3 is 2.89 bits per heavy atom. The number of hydrogen-bond acceptors (Lipinski definition) is 2. The number of halogens is 1. The first-order chi connectivity index (χ1) is 8.66. The smallest absolute Gasteiger partial charge is 0.230 e. The van der Waals surface area contributed by atoms with E-state index in [1.54, 1.807) is 24.4 Å². The van der Waals surface area contributed by atoms with Crippen LogP contribution in [0.2, 0.25) is 5.02 Å². The third-order valence-corrected chi connectivity index (χ3v) is 3.19. The van der Waals surface area contributed by atoms with Crippen molar-refractivity contribution in [1.82, 2.24) is 4.98 Å². The molecule has 4 heteroatoms. The summed E-state index contributed by atoms with van der Waals surface area (Å²) in [5.74, 6) is 0.238. The van der Waals surface area contributed by atoms with Crippen LogP contribution in [0.5, 0.6) is 0 Å². The average molecular weight is 260 g/mol. The van der Waals surface area contributed by atoms with Crippen molar-refractivity contribution in [3.63, 3.8) is 0 Å². The van der Waals surface area contributed by atoms with Crippen molar-refractivity contribution in [1.29, 1.82) is 0 Å². The molecule has 18 heavy (non-hydrogen) atoms. The summed E-state index contributed by atoms with van der Waals surface area (Å²) in [7, 11) is 0. The van der Waals surface area contributed by atoms with Gasteiger partial charge in [-0.1, -0.05) is 11.6 Å². The molecule has 1 N–H and O–H groups in total. The van der Waals surface area contributed by atoms with Crippen molar-refractivity contribution in [3.8, 4) is 0 Å². The molecule has 2 aromatic heterocycles. The highest BCUT2D eigenvalue weighted by molar-refractivity contribution is 6.31. The second-order valence-electron chi connectivity index (χ2n) is 4.15. The number of aromatic amines is 1. The van der Waals surface area contributed by atoms with E-state index in [-0.39, 0.29) is 5.78 Å². The minimum Gasteiger partial charge on any atom is -0.461 e. The van der Waals surface area contributed by atoms with Crippen LogP contribution in [0.15, 0.2) is 41.1 Å². The number of rotatable bonds is 2. The SMILES string of the molecule is Cc1ccoc1C(=O)c1c[nH]c2ccc(Cl)cc12. The predicted molar refractivity (Wildman–Crippen MR) is 70.2 cm³/mol. The average Bonchev–Trinajstić information content (AvgIpc) is 2.94. The maximum atomic E-state index is 12.4. The molecule has 2 heterocycles. The van der Waals surface area contributed by atoms with Gasteiger partial charge in [0.1, 0.15) is 0 Å². The molecule has 0 spiro atoms. The van der Waals surface area contributed by atoms with Gasteiger partial charge in [-0.25, -0.2) is 0 Å². The highest BCUT2D eigenvalue weighted by Gasteiger charge is 2.18. The number of fused-ring (bicyclic) bond motifs is 1. The summed E-state index contributed by atoms with van der Waals surface area (Å²) < 4.78 is 5.23. The minimum absolute atomic E-state index is 0.133. The highest BCUT2D eigenvalue weighted by Crippen LogP contribution is 2.25. The number of H-pyrrole nitrogens is 1. The minimum atomic E-state index is -0.133. The van der Waals surface area contributed by atoms with Crippen LogP contribution in [0.25, 0.3) is 10.9 Å².